The average molecular weight is 545 g/mol. The number of hydrogen-bond acceptors (Lipinski definition) is 6. The van der Waals surface area contributed by atoms with Crippen LogP contribution in [0, 0.1) is 6.92 Å². The van der Waals surface area contributed by atoms with E-state index < -0.39 is 0 Å². The van der Waals surface area contributed by atoms with Crippen LogP contribution in [-0.4, -0.2) is 45.7 Å². The predicted octanol–water partition coefficient (Wildman–Crippen LogP) is 7.98. The van der Waals surface area contributed by atoms with E-state index in [1.165, 1.54) is 5.57 Å². The van der Waals surface area contributed by atoms with Gasteiger partial charge in [0, 0.05) is 16.6 Å². The molecule has 0 atom stereocenters. The Kier molecular flexibility index (Phi) is 8.94. The maximum Gasteiger partial charge on any atom is 0.134 e. The topological polar surface area (TPSA) is 69.7 Å². The Labute approximate surface area is 233 Å². The number of allylic oxidation sites excluding steroid dienone is 5. The van der Waals surface area contributed by atoms with Crippen molar-refractivity contribution in [2.75, 3.05) is 26.0 Å². The van der Waals surface area contributed by atoms with Crippen LogP contribution in [0.2, 0.25) is 4.34 Å². The highest BCUT2D eigenvalue weighted by Gasteiger charge is 2.16. The number of aromatic amines is 1. The van der Waals surface area contributed by atoms with E-state index in [0.29, 0.717) is 11.4 Å². The minimum Gasteiger partial charge on any atom is -0.339 e. The molecule has 0 bridgehead atoms. The van der Waals surface area contributed by atoms with Crippen LogP contribution in [0.25, 0.3) is 32.7 Å². The monoisotopic (exact) mass is 544 g/mol. The van der Waals surface area contributed by atoms with Gasteiger partial charge in [0.25, 0.3) is 0 Å². The first kappa shape index (κ1) is 27.5. The molecule has 0 aromatic carbocycles. The molecule has 0 fully saturated rings. The lowest BCUT2D eigenvalue weighted by Crippen LogP contribution is -2.12. The standard InChI is InChI=1S/C30H33ClN6S/c1-7-21(10-9-17-37(5)6)18-22(8-2)24-11-12-25-29(34-24)28(36-35-25)20(4)33-30-19(3)23(15-16-32-30)26-13-14-27(31)38-26/h7-8,11-16,18H,1,4,9-10,17H2,2-3,5-6H3,(H,32,33)(H,35,36)/b21-18+,22-8+. The third kappa shape index (κ3) is 6.30. The fraction of sp³-hybridized carbons (Fsp3) is 0.233. The molecule has 0 aliphatic rings. The molecule has 0 aliphatic heterocycles. The molecule has 4 aromatic heterocycles. The fourth-order valence-corrected chi connectivity index (χ4v) is 5.32. The highest BCUT2D eigenvalue weighted by atomic mass is 35.5. The predicted molar refractivity (Wildman–Crippen MR) is 164 cm³/mol. The number of aromatic nitrogens is 4. The van der Waals surface area contributed by atoms with Gasteiger partial charge in [-0.05, 0) is 100 Å². The summed E-state index contributed by atoms with van der Waals surface area (Å²) in [4.78, 5) is 12.8. The number of rotatable bonds is 11. The number of thiophene rings is 1. The third-order valence-corrected chi connectivity index (χ3v) is 7.55. The SMILES string of the molecule is C=C/C(=C\C(=C/C)c1ccc2[nH]nc(C(=C)Nc3nccc(-c4ccc(Cl)s4)c3C)c2n1)CCCN(C)C. The lowest BCUT2D eigenvalue weighted by Gasteiger charge is -2.12. The number of nitrogens with zero attached hydrogens (tertiary/aromatic N) is 4. The maximum atomic E-state index is 6.17. The van der Waals surface area contributed by atoms with Gasteiger partial charge in [0.15, 0.2) is 0 Å². The first-order valence-corrected chi connectivity index (χ1v) is 13.7. The fourth-order valence-electron chi connectivity index (χ4n) is 4.20. The molecule has 0 spiro atoms. The number of hydrogen-bond donors (Lipinski definition) is 2. The summed E-state index contributed by atoms with van der Waals surface area (Å²) in [7, 11) is 4.18. The summed E-state index contributed by atoms with van der Waals surface area (Å²) in [6.07, 6.45) is 9.98. The van der Waals surface area contributed by atoms with Gasteiger partial charge in [0.05, 0.1) is 21.2 Å². The van der Waals surface area contributed by atoms with Gasteiger partial charge in [-0.1, -0.05) is 36.9 Å². The molecule has 6 nitrogen and oxygen atoms in total. The normalized spacial score (nSPS) is 12.4. The molecule has 38 heavy (non-hydrogen) atoms. The summed E-state index contributed by atoms with van der Waals surface area (Å²) < 4.78 is 0.754. The van der Waals surface area contributed by atoms with Gasteiger partial charge in [-0.3, -0.25) is 5.10 Å². The zero-order valence-electron chi connectivity index (χ0n) is 22.3. The van der Waals surface area contributed by atoms with E-state index in [4.69, 9.17) is 16.6 Å². The van der Waals surface area contributed by atoms with Gasteiger partial charge in [-0.2, -0.15) is 5.10 Å². The molecular formula is C30H33ClN6S. The number of pyridine rings is 2. The number of nitrogens with one attached hydrogen (secondary N) is 2. The minimum atomic E-state index is 0.617. The first-order valence-electron chi connectivity index (χ1n) is 12.5. The Morgan fingerprint density at radius 1 is 1.21 bits per heavy atom. The van der Waals surface area contributed by atoms with Gasteiger partial charge >= 0.3 is 0 Å². The molecule has 0 saturated heterocycles. The lowest BCUT2D eigenvalue weighted by atomic mass is 10.0. The largest absolute Gasteiger partial charge is 0.339 e. The Balaban J connectivity index is 1.60. The average Bonchev–Trinajstić information content (AvgIpc) is 3.53. The molecule has 2 N–H and O–H groups in total. The molecule has 196 valence electrons. The van der Waals surface area contributed by atoms with Crippen molar-refractivity contribution in [1.29, 1.82) is 0 Å². The molecule has 0 aliphatic carbocycles. The first-order chi connectivity index (χ1) is 18.3. The van der Waals surface area contributed by atoms with Crippen molar-refractivity contribution in [1.82, 2.24) is 25.1 Å². The maximum absolute atomic E-state index is 6.17. The summed E-state index contributed by atoms with van der Waals surface area (Å²) in [6.45, 7) is 13.4. The van der Waals surface area contributed by atoms with Crippen molar-refractivity contribution in [3.63, 3.8) is 0 Å². The van der Waals surface area contributed by atoms with Gasteiger partial charge in [0.1, 0.15) is 17.0 Å². The van der Waals surface area contributed by atoms with Crippen molar-refractivity contribution in [2.45, 2.75) is 26.7 Å². The van der Waals surface area contributed by atoms with Crippen LogP contribution in [0.15, 0.2) is 73.5 Å². The molecule has 0 saturated carbocycles. The second kappa shape index (κ2) is 12.3. The molecule has 0 amide bonds. The molecule has 4 aromatic rings. The number of anilines is 1. The van der Waals surface area contributed by atoms with Crippen molar-refractivity contribution in [3.8, 4) is 10.4 Å². The summed E-state index contributed by atoms with van der Waals surface area (Å²) in [5, 5.41) is 11.0. The van der Waals surface area contributed by atoms with Crippen LogP contribution in [0.1, 0.15) is 36.7 Å². The van der Waals surface area contributed by atoms with Crippen LogP contribution in [0.4, 0.5) is 5.82 Å². The van der Waals surface area contributed by atoms with E-state index >= 15 is 0 Å². The van der Waals surface area contributed by atoms with Gasteiger partial charge in [-0.15, -0.1) is 11.3 Å². The second-order valence-corrected chi connectivity index (χ2v) is 11.0. The minimum absolute atomic E-state index is 0.617. The molecular weight excluding hydrogens is 512 g/mol. The highest BCUT2D eigenvalue weighted by molar-refractivity contribution is 7.19. The smallest absolute Gasteiger partial charge is 0.134 e. The van der Waals surface area contributed by atoms with Crippen molar-refractivity contribution >= 4 is 51.1 Å². The van der Waals surface area contributed by atoms with Crippen molar-refractivity contribution < 1.29 is 0 Å². The number of halogens is 1. The summed E-state index contributed by atoms with van der Waals surface area (Å²) in [5.41, 5.74) is 8.04. The van der Waals surface area contributed by atoms with Crippen LogP contribution in [-0.2, 0) is 0 Å². The molecule has 0 unspecified atom stereocenters. The van der Waals surface area contributed by atoms with Crippen LogP contribution in [0.3, 0.4) is 0 Å². The lowest BCUT2D eigenvalue weighted by molar-refractivity contribution is 0.400. The quantitative estimate of drug-likeness (QED) is 0.187. The molecule has 8 heteroatoms. The molecule has 4 rings (SSSR count). The van der Waals surface area contributed by atoms with Crippen LogP contribution in [0.5, 0.6) is 0 Å². The van der Waals surface area contributed by atoms with Crippen LogP contribution < -0.4 is 5.32 Å². The van der Waals surface area contributed by atoms with E-state index in [2.05, 4.69) is 64.8 Å². The second-order valence-electron chi connectivity index (χ2n) is 9.28. The van der Waals surface area contributed by atoms with Crippen molar-refractivity contribution in [3.05, 3.63) is 94.8 Å². The van der Waals surface area contributed by atoms with Gasteiger partial charge in [-0.25, -0.2) is 9.97 Å². The molecule has 4 heterocycles. The summed E-state index contributed by atoms with van der Waals surface area (Å²) >= 11 is 7.71. The van der Waals surface area contributed by atoms with E-state index in [-0.39, 0.29) is 0 Å². The zero-order chi connectivity index (χ0) is 27.2. The van der Waals surface area contributed by atoms with E-state index in [1.54, 1.807) is 17.5 Å². The van der Waals surface area contributed by atoms with E-state index in [9.17, 15) is 0 Å². The van der Waals surface area contributed by atoms with Gasteiger partial charge < -0.3 is 10.2 Å². The Morgan fingerprint density at radius 3 is 2.71 bits per heavy atom. The zero-order valence-corrected chi connectivity index (χ0v) is 23.9. The summed E-state index contributed by atoms with van der Waals surface area (Å²) in [5.74, 6) is 0.717. The number of fused-ring (bicyclic) bond motifs is 1. The number of H-pyrrole nitrogens is 1. The Bertz CT molecular complexity index is 1520. The summed E-state index contributed by atoms with van der Waals surface area (Å²) in [6, 6.07) is 9.93. The van der Waals surface area contributed by atoms with Crippen LogP contribution >= 0.6 is 22.9 Å². The van der Waals surface area contributed by atoms with Gasteiger partial charge in [0.2, 0.25) is 0 Å². The van der Waals surface area contributed by atoms with E-state index in [1.807, 2.05) is 50.3 Å². The Morgan fingerprint density at radius 2 is 2.03 bits per heavy atom. The Hall–Kier alpha value is -3.52. The van der Waals surface area contributed by atoms with E-state index in [0.717, 1.165) is 67.8 Å². The highest BCUT2D eigenvalue weighted by Crippen LogP contribution is 2.35. The van der Waals surface area contributed by atoms with Crippen molar-refractivity contribution in [2.24, 2.45) is 0 Å². The third-order valence-electron chi connectivity index (χ3n) is 6.29. The molecule has 0 radical (unpaired) electrons.